The summed E-state index contributed by atoms with van der Waals surface area (Å²) in [5.41, 5.74) is -0.0268. The first kappa shape index (κ1) is 11.4. The number of carbonyl (C=O) groups is 2. The summed E-state index contributed by atoms with van der Waals surface area (Å²) in [4.78, 5) is 22.9. The van der Waals surface area contributed by atoms with Crippen molar-refractivity contribution in [2.24, 2.45) is 11.8 Å². The average Bonchev–Trinajstić information content (AvgIpc) is 2.54. The molecule has 0 aromatic rings. The zero-order valence-corrected chi connectivity index (χ0v) is 9.91. The van der Waals surface area contributed by atoms with Crippen molar-refractivity contribution < 1.29 is 14.3 Å². The van der Waals surface area contributed by atoms with Crippen LogP contribution >= 0.6 is 0 Å². The average molecular weight is 225 g/mol. The van der Waals surface area contributed by atoms with Crippen LogP contribution in [-0.2, 0) is 14.3 Å². The van der Waals surface area contributed by atoms with Crippen molar-refractivity contribution in [1.82, 2.24) is 5.32 Å². The monoisotopic (exact) mass is 225 g/mol. The Hall–Kier alpha value is -1.06. The second-order valence-corrected chi connectivity index (χ2v) is 5.17. The van der Waals surface area contributed by atoms with Crippen LogP contribution in [0.2, 0.25) is 0 Å². The second-order valence-electron chi connectivity index (χ2n) is 5.17. The summed E-state index contributed by atoms with van der Waals surface area (Å²) in [5, 5.41) is 3.11. The van der Waals surface area contributed by atoms with Crippen molar-refractivity contribution >= 4 is 11.9 Å². The maximum Gasteiger partial charge on any atom is 0.308 e. The van der Waals surface area contributed by atoms with Crippen molar-refractivity contribution in [3.05, 3.63) is 0 Å². The van der Waals surface area contributed by atoms with Gasteiger partial charge in [-0.15, -0.1) is 0 Å². The van der Waals surface area contributed by atoms with Crippen LogP contribution in [0.5, 0.6) is 0 Å². The summed E-state index contributed by atoms with van der Waals surface area (Å²) in [5.74, 6) is 0.210. The minimum Gasteiger partial charge on any atom is -0.469 e. The van der Waals surface area contributed by atoms with E-state index in [9.17, 15) is 9.59 Å². The van der Waals surface area contributed by atoms with Gasteiger partial charge in [0.05, 0.1) is 13.0 Å². The fraction of sp³-hybridized carbons (Fsp3) is 0.833. The molecule has 1 aliphatic carbocycles. The number of carbonyl (C=O) groups excluding carboxylic acids is 2. The summed E-state index contributed by atoms with van der Waals surface area (Å²) in [6, 6.07) is 0. The zero-order chi connectivity index (χ0) is 11.8. The molecule has 1 spiro atoms. The van der Waals surface area contributed by atoms with Gasteiger partial charge in [0, 0.05) is 11.5 Å². The molecule has 0 aromatic carbocycles. The number of hydrogen-bond donors (Lipinski definition) is 1. The Morgan fingerprint density at radius 1 is 1.44 bits per heavy atom. The number of hydrogen-bond acceptors (Lipinski definition) is 3. The molecular weight excluding hydrogens is 206 g/mol. The predicted molar refractivity (Wildman–Crippen MR) is 58.6 cm³/mol. The lowest BCUT2D eigenvalue weighted by Crippen LogP contribution is -2.45. The van der Waals surface area contributed by atoms with E-state index in [0.717, 1.165) is 32.1 Å². The minimum atomic E-state index is -0.104. The standard InChI is InChI=1S/C12H19NO3/c1-8-7-12(13-10(8)14)5-3-9(4-6-12)11(15)16-2/h8-9H,3-7H2,1-2H3,(H,13,14). The number of methoxy groups -OCH3 is 1. The van der Waals surface area contributed by atoms with Crippen molar-refractivity contribution in [1.29, 1.82) is 0 Å². The third kappa shape index (κ3) is 1.93. The lowest BCUT2D eigenvalue weighted by atomic mass is 9.75. The Morgan fingerprint density at radius 2 is 2.06 bits per heavy atom. The molecule has 2 rings (SSSR count). The third-order valence-corrected chi connectivity index (χ3v) is 4.01. The van der Waals surface area contributed by atoms with Crippen LogP contribution in [0, 0.1) is 11.8 Å². The molecule has 1 N–H and O–H groups in total. The van der Waals surface area contributed by atoms with Crippen molar-refractivity contribution in [2.45, 2.75) is 44.6 Å². The van der Waals surface area contributed by atoms with E-state index in [2.05, 4.69) is 5.32 Å². The number of ether oxygens (including phenoxy) is 1. The predicted octanol–water partition coefficient (Wildman–Crippen LogP) is 1.24. The third-order valence-electron chi connectivity index (χ3n) is 4.01. The molecule has 1 saturated carbocycles. The van der Waals surface area contributed by atoms with Gasteiger partial charge in [-0.3, -0.25) is 9.59 Å². The van der Waals surface area contributed by atoms with E-state index >= 15 is 0 Å². The Bertz CT molecular complexity index is 305. The van der Waals surface area contributed by atoms with Crippen molar-refractivity contribution in [3.8, 4) is 0 Å². The molecule has 0 radical (unpaired) electrons. The van der Waals surface area contributed by atoms with Gasteiger partial charge in [-0.2, -0.15) is 0 Å². The molecule has 1 unspecified atom stereocenters. The Balaban J connectivity index is 1.95. The molecule has 1 atom stereocenters. The molecule has 16 heavy (non-hydrogen) atoms. The van der Waals surface area contributed by atoms with E-state index in [-0.39, 0.29) is 29.3 Å². The Labute approximate surface area is 95.7 Å². The van der Waals surface area contributed by atoms with Crippen LogP contribution in [0.25, 0.3) is 0 Å². The molecule has 1 saturated heterocycles. The maximum atomic E-state index is 11.5. The van der Waals surface area contributed by atoms with E-state index < -0.39 is 0 Å². The first-order valence-corrected chi connectivity index (χ1v) is 5.96. The molecule has 1 aliphatic heterocycles. The zero-order valence-electron chi connectivity index (χ0n) is 9.91. The van der Waals surface area contributed by atoms with Crippen molar-refractivity contribution in [3.63, 3.8) is 0 Å². The van der Waals surface area contributed by atoms with Crippen LogP contribution in [-0.4, -0.2) is 24.5 Å². The highest BCUT2D eigenvalue weighted by Crippen LogP contribution is 2.40. The van der Waals surface area contributed by atoms with Crippen LogP contribution < -0.4 is 5.32 Å². The Morgan fingerprint density at radius 3 is 2.50 bits per heavy atom. The summed E-state index contributed by atoms with van der Waals surface area (Å²) in [6.07, 6.45) is 4.39. The molecule has 90 valence electrons. The molecule has 1 heterocycles. The van der Waals surface area contributed by atoms with Gasteiger partial charge >= 0.3 is 5.97 Å². The van der Waals surface area contributed by atoms with Crippen molar-refractivity contribution in [2.75, 3.05) is 7.11 Å². The molecular formula is C12H19NO3. The van der Waals surface area contributed by atoms with E-state index in [0.29, 0.717) is 0 Å². The second kappa shape index (κ2) is 4.07. The largest absolute Gasteiger partial charge is 0.469 e. The van der Waals surface area contributed by atoms with Gasteiger partial charge in [0.2, 0.25) is 5.91 Å². The lowest BCUT2D eigenvalue weighted by molar-refractivity contribution is -0.147. The van der Waals surface area contributed by atoms with Crippen LogP contribution in [0.4, 0.5) is 0 Å². The first-order valence-electron chi connectivity index (χ1n) is 5.96. The lowest BCUT2D eigenvalue weighted by Gasteiger charge is -2.36. The first-order chi connectivity index (χ1) is 7.56. The fourth-order valence-electron chi connectivity index (χ4n) is 3.02. The summed E-state index contributed by atoms with van der Waals surface area (Å²) >= 11 is 0. The quantitative estimate of drug-likeness (QED) is 0.683. The SMILES string of the molecule is COC(=O)C1CCC2(CC1)CC(C)C(=O)N2. The minimum absolute atomic E-state index is 0.0268. The number of rotatable bonds is 1. The maximum absolute atomic E-state index is 11.5. The fourth-order valence-corrected chi connectivity index (χ4v) is 3.02. The van der Waals surface area contributed by atoms with E-state index in [1.54, 1.807) is 0 Å². The van der Waals surface area contributed by atoms with Gasteiger partial charge in [-0.05, 0) is 32.1 Å². The van der Waals surface area contributed by atoms with Gasteiger partial charge in [-0.25, -0.2) is 0 Å². The van der Waals surface area contributed by atoms with E-state index in [4.69, 9.17) is 4.74 Å². The van der Waals surface area contributed by atoms with Gasteiger partial charge < -0.3 is 10.1 Å². The smallest absolute Gasteiger partial charge is 0.308 e. The molecule has 1 amide bonds. The normalized spacial score (nSPS) is 38.5. The van der Waals surface area contributed by atoms with Crippen LogP contribution in [0.1, 0.15) is 39.0 Å². The molecule has 2 fully saturated rings. The molecule has 0 bridgehead atoms. The highest BCUT2D eigenvalue weighted by atomic mass is 16.5. The topological polar surface area (TPSA) is 55.4 Å². The highest BCUT2D eigenvalue weighted by Gasteiger charge is 2.45. The molecule has 2 aliphatic rings. The van der Waals surface area contributed by atoms with Gasteiger partial charge in [-0.1, -0.05) is 6.92 Å². The Kier molecular flexibility index (Phi) is 2.91. The van der Waals surface area contributed by atoms with E-state index in [1.807, 2.05) is 6.92 Å². The van der Waals surface area contributed by atoms with E-state index in [1.165, 1.54) is 7.11 Å². The van der Waals surface area contributed by atoms with Crippen LogP contribution in [0.3, 0.4) is 0 Å². The van der Waals surface area contributed by atoms with Crippen LogP contribution in [0.15, 0.2) is 0 Å². The van der Waals surface area contributed by atoms with Gasteiger partial charge in [0.1, 0.15) is 0 Å². The number of nitrogens with one attached hydrogen (secondary N) is 1. The van der Waals surface area contributed by atoms with Gasteiger partial charge in [0.25, 0.3) is 0 Å². The van der Waals surface area contributed by atoms with Gasteiger partial charge in [0.15, 0.2) is 0 Å². The summed E-state index contributed by atoms with van der Waals surface area (Å²) < 4.78 is 4.76. The highest BCUT2D eigenvalue weighted by molar-refractivity contribution is 5.82. The number of esters is 1. The summed E-state index contributed by atoms with van der Waals surface area (Å²) in [6.45, 7) is 1.97. The molecule has 0 aromatic heterocycles. The number of amides is 1. The molecule has 4 nitrogen and oxygen atoms in total. The summed E-state index contributed by atoms with van der Waals surface area (Å²) in [7, 11) is 1.44. The molecule has 4 heteroatoms.